The zero-order chi connectivity index (χ0) is 16.8. The van der Waals surface area contributed by atoms with Gasteiger partial charge in [-0.05, 0) is 25.0 Å². The van der Waals surface area contributed by atoms with Crippen LogP contribution in [-0.2, 0) is 9.59 Å². The molecule has 2 N–H and O–H groups in total. The van der Waals surface area contributed by atoms with Gasteiger partial charge in [-0.1, -0.05) is 0 Å². The largest absolute Gasteiger partial charge is 0.376 e. The van der Waals surface area contributed by atoms with Crippen LogP contribution in [0.4, 0.5) is 15.8 Å². The smallest absolute Gasteiger partial charge is 0.306 e. The van der Waals surface area contributed by atoms with E-state index in [0.717, 1.165) is 25.0 Å². The minimum atomic E-state index is -0.943. The second kappa shape index (κ2) is 7.52. The number of hydrogen-bond donors (Lipinski definition) is 2. The molecule has 0 saturated carbocycles. The number of amides is 2. The maximum atomic E-state index is 13.2. The molecule has 0 aliphatic carbocycles. The Morgan fingerprint density at radius 1 is 1.26 bits per heavy atom. The number of nitro groups is 1. The third-order valence-corrected chi connectivity index (χ3v) is 3.49. The molecule has 1 heterocycles. The van der Waals surface area contributed by atoms with Crippen LogP contribution in [0.5, 0.6) is 0 Å². The number of nitro benzene ring substituents is 1. The summed E-state index contributed by atoms with van der Waals surface area (Å²) < 4.78 is 13.2. The van der Waals surface area contributed by atoms with Crippen molar-refractivity contribution in [1.29, 1.82) is 0 Å². The zero-order valence-corrected chi connectivity index (χ0v) is 12.4. The molecule has 0 spiro atoms. The predicted octanol–water partition coefficient (Wildman–Crippen LogP) is 0.884. The summed E-state index contributed by atoms with van der Waals surface area (Å²) >= 11 is 0. The number of likely N-dealkylation sites (tertiary alicyclic amines) is 1. The lowest BCUT2D eigenvalue weighted by molar-refractivity contribution is -0.387. The SMILES string of the molecule is O=C(CNc1ccc(F)c([N+](=O)[O-])c1)NCC(=O)N1CCCC1. The molecule has 2 rings (SSSR count). The fraction of sp³-hybridized carbons (Fsp3) is 0.429. The van der Waals surface area contributed by atoms with Crippen molar-refractivity contribution in [3.8, 4) is 0 Å². The van der Waals surface area contributed by atoms with Gasteiger partial charge in [0.25, 0.3) is 0 Å². The van der Waals surface area contributed by atoms with Crippen LogP contribution in [0.15, 0.2) is 18.2 Å². The highest BCUT2D eigenvalue weighted by atomic mass is 19.1. The number of nitrogens with one attached hydrogen (secondary N) is 2. The maximum absolute atomic E-state index is 13.2. The molecule has 2 amide bonds. The molecule has 124 valence electrons. The first kappa shape index (κ1) is 16.7. The maximum Gasteiger partial charge on any atom is 0.306 e. The van der Waals surface area contributed by atoms with E-state index >= 15 is 0 Å². The first-order valence-electron chi connectivity index (χ1n) is 7.19. The van der Waals surface area contributed by atoms with Gasteiger partial charge in [0.2, 0.25) is 17.6 Å². The Morgan fingerprint density at radius 2 is 1.96 bits per heavy atom. The molecule has 1 aromatic rings. The Balaban J connectivity index is 1.79. The van der Waals surface area contributed by atoms with Crippen LogP contribution in [0.1, 0.15) is 12.8 Å². The van der Waals surface area contributed by atoms with Crippen LogP contribution in [0.2, 0.25) is 0 Å². The third-order valence-electron chi connectivity index (χ3n) is 3.49. The van der Waals surface area contributed by atoms with Crippen molar-refractivity contribution in [2.24, 2.45) is 0 Å². The summed E-state index contributed by atoms with van der Waals surface area (Å²) in [7, 11) is 0. The normalized spacial score (nSPS) is 13.7. The van der Waals surface area contributed by atoms with Crippen molar-refractivity contribution >= 4 is 23.2 Å². The Hall–Kier alpha value is -2.71. The molecule has 23 heavy (non-hydrogen) atoms. The van der Waals surface area contributed by atoms with E-state index in [4.69, 9.17) is 0 Å². The lowest BCUT2D eigenvalue weighted by Crippen LogP contribution is -2.40. The topological polar surface area (TPSA) is 105 Å². The van der Waals surface area contributed by atoms with Gasteiger partial charge in [0, 0.05) is 24.8 Å². The molecule has 1 saturated heterocycles. The standard InChI is InChI=1S/C14H17FN4O4/c15-11-4-3-10(7-12(11)19(22)23)16-8-13(20)17-9-14(21)18-5-1-2-6-18/h3-4,7,16H,1-2,5-6,8-9H2,(H,17,20). The molecular weight excluding hydrogens is 307 g/mol. The Kier molecular flexibility index (Phi) is 5.45. The van der Waals surface area contributed by atoms with Gasteiger partial charge in [-0.25, -0.2) is 0 Å². The minimum absolute atomic E-state index is 0.0793. The Morgan fingerprint density at radius 3 is 2.61 bits per heavy atom. The quantitative estimate of drug-likeness (QED) is 0.597. The fourth-order valence-electron chi connectivity index (χ4n) is 2.26. The third kappa shape index (κ3) is 4.63. The van der Waals surface area contributed by atoms with Gasteiger partial charge in [0.1, 0.15) is 0 Å². The van der Waals surface area contributed by atoms with Crippen LogP contribution >= 0.6 is 0 Å². The van der Waals surface area contributed by atoms with Gasteiger partial charge in [-0.2, -0.15) is 4.39 Å². The monoisotopic (exact) mass is 324 g/mol. The lowest BCUT2D eigenvalue weighted by atomic mass is 10.2. The van der Waals surface area contributed by atoms with Gasteiger partial charge in [0.15, 0.2) is 0 Å². The molecular formula is C14H17FN4O4. The van der Waals surface area contributed by atoms with E-state index in [2.05, 4.69) is 10.6 Å². The van der Waals surface area contributed by atoms with E-state index in [0.29, 0.717) is 13.1 Å². The molecule has 9 heteroatoms. The first-order valence-corrected chi connectivity index (χ1v) is 7.19. The zero-order valence-electron chi connectivity index (χ0n) is 12.4. The number of carbonyl (C=O) groups excluding carboxylic acids is 2. The van der Waals surface area contributed by atoms with Gasteiger partial charge in [0.05, 0.1) is 18.0 Å². The van der Waals surface area contributed by atoms with Crippen molar-refractivity contribution in [2.75, 3.05) is 31.5 Å². The highest BCUT2D eigenvalue weighted by molar-refractivity contribution is 5.86. The fourth-order valence-corrected chi connectivity index (χ4v) is 2.26. The van der Waals surface area contributed by atoms with Crippen LogP contribution in [0.3, 0.4) is 0 Å². The van der Waals surface area contributed by atoms with E-state index in [9.17, 15) is 24.1 Å². The number of rotatable bonds is 6. The van der Waals surface area contributed by atoms with E-state index in [1.54, 1.807) is 4.90 Å². The number of anilines is 1. The van der Waals surface area contributed by atoms with Crippen molar-refractivity contribution in [3.05, 3.63) is 34.1 Å². The molecule has 0 aromatic heterocycles. The number of benzene rings is 1. The van der Waals surface area contributed by atoms with Crippen LogP contribution in [-0.4, -0.2) is 47.8 Å². The van der Waals surface area contributed by atoms with Crippen LogP contribution in [0, 0.1) is 15.9 Å². The number of nitrogens with zero attached hydrogens (tertiary/aromatic N) is 2. The Bertz CT molecular complexity index is 617. The van der Waals surface area contributed by atoms with Crippen molar-refractivity contribution < 1.29 is 18.9 Å². The van der Waals surface area contributed by atoms with Gasteiger partial charge in [-0.3, -0.25) is 19.7 Å². The minimum Gasteiger partial charge on any atom is -0.376 e. The van der Waals surface area contributed by atoms with E-state index < -0.39 is 22.3 Å². The lowest BCUT2D eigenvalue weighted by Gasteiger charge is -2.15. The molecule has 1 aromatic carbocycles. The molecule has 8 nitrogen and oxygen atoms in total. The Labute approximate surface area is 131 Å². The van der Waals surface area contributed by atoms with Gasteiger partial charge < -0.3 is 15.5 Å². The van der Waals surface area contributed by atoms with E-state index in [1.165, 1.54) is 6.07 Å². The number of carbonyl (C=O) groups is 2. The summed E-state index contributed by atoms with van der Waals surface area (Å²) in [4.78, 5) is 34.9. The average Bonchev–Trinajstić information content (AvgIpc) is 3.06. The first-order chi connectivity index (χ1) is 11.0. The van der Waals surface area contributed by atoms with Crippen LogP contribution in [0.25, 0.3) is 0 Å². The summed E-state index contributed by atoms with van der Waals surface area (Å²) in [5, 5.41) is 15.8. The van der Waals surface area contributed by atoms with Crippen molar-refractivity contribution in [1.82, 2.24) is 10.2 Å². The molecule has 1 fully saturated rings. The summed E-state index contributed by atoms with van der Waals surface area (Å²) in [6, 6.07) is 3.26. The molecule has 0 atom stereocenters. The number of halogens is 1. The second-order valence-electron chi connectivity index (χ2n) is 5.14. The predicted molar refractivity (Wildman–Crippen MR) is 80.4 cm³/mol. The molecule has 0 bridgehead atoms. The molecule has 1 aliphatic rings. The highest BCUT2D eigenvalue weighted by Gasteiger charge is 2.18. The summed E-state index contributed by atoms with van der Waals surface area (Å²) in [6.45, 7) is 1.18. The van der Waals surface area contributed by atoms with E-state index in [-0.39, 0.29) is 24.7 Å². The van der Waals surface area contributed by atoms with E-state index in [1.807, 2.05) is 0 Å². The molecule has 0 radical (unpaired) electrons. The van der Waals surface area contributed by atoms with Gasteiger partial charge >= 0.3 is 5.69 Å². The van der Waals surface area contributed by atoms with Crippen molar-refractivity contribution in [3.63, 3.8) is 0 Å². The second-order valence-corrected chi connectivity index (χ2v) is 5.14. The average molecular weight is 324 g/mol. The van der Waals surface area contributed by atoms with Crippen molar-refractivity contribution in [2.45, 2.75) is 12.8 Å². The summed E-state index contributed by atoms with van der Waals surface area (Å²) in [5.74, 6) is -1.50. The molecule has 0 unspecified atom stereocenters. The summed E-state index contributed by atoms with van der Waals surface area (Å²) in [5.41, 5.74) is -0.418. The number of hydrogen-bond acceptors (Lipinski definition) is 5. The highest BCUT2D eigenvalue weighted by Crippen LogP contribution is 2.21. The van der Waals surface area contributed by atoms with Gasteiger partial charge in [-0.15, -0.1) is 0 Å². The van der Waals surface area contributed by atoms with Crippen LogP contribution < -0.4 is 10.6 Å². The summed E-state index contributed by atoms with van der Waals surface area (Å²) in [6.07, 6.45) is 1.95. The molecule has 1 aliphatic heterocycles.